The largest absolute Gasteiger partial charge is 0.508 e. The monoisotopic (exact) mass is 522 g/mol. The number of rotatable bonds is 9. The molecule has 8 nitrogen and oxygen atoms in total. The second kappa shape index (κ2) is 10.2. The molecule has 0 bridgehead atoms. The zero-order valence-corrected chi connectivity index (χ0v) is 21.8. The molecule has 0 aromatic heterocycles. The van der Waals surface area contributed by atoms with Crippen molar-refractivity contribution < 1.29 is 39.8 Å². The molecule has 0 aliphatic carbocycles. The van der Waals surface area contributed by atoms with Crippen LogP contribution in [0.3, 0.4) is 0 Å². The number of carbonyl (C=O) groups is 1. The average molecular weight is 523 g/mol. The number of allylic oxidation sites excluding steroid dienone is 3. The molecule has 2 aliphatic heterocycles. The minimum absolute atomic E-state index is 0.0439. The van der Waals surface area contributed by atoms with Gasteiger partial charge in [0.1, 0.15) is 34.3 Å². The van der Waals surface area contributed by atoms with Crippen LogP contribution in [-0.2, 0) is 5.60 Å². The van der Waals surface area contributed by atoms with Crippen LogP contribution in [0.25, 0.3) is 0 Å². The van der Waals surface area contributed by atoms with Crippen molar-refractivity contribution in [1.29, 1.82) is 0 Å². The molecule has 0 saturated heterocycles. The Bertz CT molecular complexity index is 1340. The van der Waals surface area contributed by atoms with Crippen molar-refractivity contribution in [2.45, 2.75) is 70.4 Å². The van der Waals surface area contributed by atoms with E-state index in [1.807, 2.05) is 26.8 Å². The number of ether oxygens (including phenoxy) is 2. The molecule has 0 fully saturated rings. The van der Waals surface area contributed by atoms with E-state index in [9.17, 15) is 30.3 Å². The zero-order valence-electron chi connectivity index (χ0n) is 21.8. The van der Waals surface area contributed by atoms with Crippen LogP contribution in [0.15, 0.2) is 65.8 Å². The number of Topliss-reactive ketones (excluding diaryl/α,β-unsaturated/α-hetero) is 1. The molecule has 2 aromatic rings. The molecule has 8 heteroatoms. The Hall–Kier alpha value is -3.75. The summed E-state index contributed by atoms with van der Waals surface area (Å²) in [5, 5.41) is 51.9. The minimum Gasteiger partial charge on any atom is -0.508 e. The summed E-state index contributed by atoms with van der Waals surface area (Å²) >= 11 is 0. The number of phenolic OH excluding ortho intramolecular Hbond substituents is 3. The van der Waals surface area contributed by atoms with Gasteiger partial charge in [0, 0.05) is 30.2 Å². The van der Waals surface area contributed by atoms with Crippen molar-refractivity contribution in [2.75, 3.05) is 0 Å². The summed E-state index contributed by atoms with van der Waals surface area (Å²) in [5.74, 6) is -4.38. The molecule has 2 aromatic carbocycles. The lowest BCUT2D eigenvalue weighted by Crippen LogP contribution is -2.62. The number of hydrogen-bond acceptors (Lipinski definition) is 8. The highest BCUT2D eigenvalue weighted by Gasteiger charge is 2.69. The third kappa shape index (κ3) is 4.77. The van der Waals surface area contributed by atoms with Gasteiger partial charge in [-0.2, -0.15) is 0 Å². The van der Waals surface area contributed by atoms with Gasteiger partial charge in [0.2, 0.25) is 11.4 Å². The summed E-state index contributed by atoms with van der Waals surface area (Å²) in [4.78, 5) is 13.5. The van der Waals surface area contributed by atoms with Crippen LogP contribution in [0, 0.1) is 0 Å². The lowest BCUT2D eigenvalue weighted by atomic mass is 9.77. The molecule has 0 saturated carbocycles. The molecule has 2 heterocycles. The van der Waals surface area contributed by atoms with E-state index in [0.717, 1.165) is 30.1 Å². The Morgan fingerprint density at radius 2 is 1.66 bits per heavy atom. The second-order valence-corrected chi connectivity index (χ2v) is 10.3. The highest BCUT2D eigenvalue weighted by Crippen LogP contribution is 2.58. The number of ketones is 1. The van der Waals surface area contributed by atoms with Gasteiger partial charge in [-0.15, -0.1) is 0 Å². The van der Waals surface area contributed by atoms with Crippen LogP contribution >= 0.6 is 0 Å². The van der Waals surface area contributed by atoms with Crippen molar-refractivity contribution in [3.8, 4) is 28.7 Å². The summed E-state index contributed by atoms with van der Waals surface area (Å²) in [6.07, 6.45) is 6.39. The molecule has 0 spiro atoms. The first-order valence-electron chi connectivity index (χ1n) is 12.6. The van der Waals surface area contributed by atoms with Gasteiger partial charge >= 0.3 is 5.79 Å². The number of carbonyl (C=O) groups excluding carboxylic acids is 1. The van der Waals surface area contributed by atoms with E-state index in [-0.39, 0.29) is 35.0 Å². The summed E-state index contributed by atoms with van der Waals surface area (Å²) in [7, 11) is 0. The smallest absolute Gasteiger partial charge is 0.318 e. The number of aromatic hydroxyl groups is 3. The van der Waals surface area contributed by atoms with E-state index in [2.05, 4.69) is 12.7 Å². The Kier molecular flexibility index (Phi) is 7.32. The van der Waals surface area contributed by atoms with Gasteiger partial charge in [-0.25, -0.2) is 0 Å². The Morgan fingerprint density at radius 1 is 0.974 bits per heavy atom. The van der Waals surface area contributed by atoms with Crippen molar-refractivity contribution in [2.24, 2.45) is 0 Å². The average Bonchev–Trinajstić information content (AvgIpc) is 3.08. The van der Waals surface area contributed by atoms with Gasteiger partial charge in [0.05, 0.1) is 6.10 Å². The van der Waals surface area contributed by atoms with Gasteiger partial charge in [-0.05, 0) is 58.6 Å². The van der Waals surface area contributed by atoms with Crippen LogP contribution in [0.2, 0.25) is 0 Å². The van der Waals surface area contributed by atoms with Crippen molar-refractivity contribution in [3.63, 3.8) is 0 Å². The number of hydrogen-bond donors (Lipinski definition) is 5. The van der Waals surface area contributed by atoms with Gasteiger partial charge in [0.25, 0.3) is 0 Å². The first kappa shape index (κ1) is 27.3. The standard InChI is InChI=1S/C30H34O8/c1-17(2)23(33)11-8-18(3)6-5-7-19(4)12-13-29-22-10-9-20(31)15-25(22)38-30(29,36)28(35)27-24(34)14-21(32)16-26(27)37-29/h6,9-10,12,14-16,23,31-34,36H,1,5,7-8,11,13H2,2-4H3/b18-6+,19-12+/t23?,29-,30-/m0/s1. The van der Waals surface area contributed by atoms with E-state index < -0.39 is 29.0 Å². The zero-order chi connectivity index (χ0) is 27.8. The molecule has 2 aliphatic rings. The summed E-state index contributed by atoms with van der Waals surface area (Å²) in [6.45, 7) is 9.55. The highest BCUT2D eigenvalue weighted by molar-refractivity contribution is 6.08. The third-order valence-corrected chi connectivity index (χ3v) is 7.24. The van der Waals surface area contributed by atoms with Gasteiger partial charge in [-0.1, -0.05) is 35.5 Å². The topological polar surface area (TPSA) is 137 Å². The van der Waals surface area contributed by atoms with E-state index in [1.54, 1.807) is 0 Å². The molecule has 0 amide bonds. The predicted molar refractivity (Wildman–Crippen MR) is 142 cm³/mol. The van der Waals surface area contributed by atoms with E-state index in [1.165, 1.54) is 29.8 Å². The van der Waals surface area contributed by atoms with Gasteiger partial charge in [0.15, 0.2) is 0 Å². The Morgan fingerprint density at radius 3 is 2.37 bits per heavy atom. The molecule has 1 unspecified atom stereocenters. The third-order valence-electron chi connectivity index (χ3n) is 7.24. The van der Waals surface area contributed by atoms with E-state index in [4.69, 9.17) is 9.47 Å². The summed E-state index contributed by atoms with van der Waals surface area (Å²) < 4.78 is 12.0. The first-order valence-corrected chi connectivity index (χ1v) is 12.6. The van der Waals surface area contributed by atoms with Crippen molar-refractivity contribution >= 4 is 5.78 Å². The lowest BCUT2D eigenvalue weighted by Gasteiger charge is -2.43. The highest BCUT2D eigenvalue weighted by atomic mass is 16.7. The Balaban J connectivity index is 1.60. The number of aliphatic hydroxyl groups excluding tert-OH is 1. The van der Waals surface area contributed by atoms with Gasteiger partial charge in [-0.3, -0.25) is 4.79 Å². The van der Waals surface area contributed by atoms with E-state index in [0.29, 0.717) is 18.4 Å². The molecular weight excluding hydrogens is 488 g/mol. The van der Waals surface area contributed by atoms with Crippen LogP contribution < -0.4 is 9.47 Å². The maximum absolute atomic E-state index is 13.5. The maximum Gasteiger partial charge on any atom is 0.318 e. The molecule has 3 atom stereocenters. The quantitative estimate of drug-likeness (QED) is 0.286. The molecule has 38 heavy (non-hydrogen) atoms. The minimum atomic E-state index is -2.51. The number of phenols is 3. The SMILES string of the molecule is C=C(C)C(O)CC/C(C)=C/CC/C(C)=C/C[C@@]12Oc3cc(O)cc(O)c3C(=O)[C@]1(O)Oc1cc(O)ccc12. The molecule has 4 rings (SSSR count). The number of benzene rings is 2. The van der Waals surface area contributed by atoms with Crippen LogP contribution in [0.5, 0.6) is 28.7 Å². The maximum atomic E-state index is 13.5. The number of fused-ring (bicyclic) bond motifs is 4. The first-order chi connectivity index (χ1) is 17.9. The fourth-order valence-electron chi connectivity index (χ4n) is 4.93. The second-order valence-electron chi connectivity index (χ2n) is 10.3. The Labute approximate surface area is 221 Å². The van der Waals surface area contributed by atoms with Crippen LogP contribution in [0.1, 0.15) is 68.8 Å². The van der Waals surface area contributed by atoms with E-state index >= 15 is 0 Å². The van der Waals surface area contributed by atoms with Crippen molar-refractivity contribution in [1.82, 2.24) is 0 Å². The van der Waals surface area contributed by atoms with Crippen LogP contribution in [0.4, 0.5) is 0 Å². The normalized spacial score (nSPS) is 23.1. The van der Waals surface area contributed by atoms with Crippen molar-refractivity contribution in [3.05, 3.63) is 76.9 Å². The summed E-state index contributed by atoms with van der Waals surface area (Å²) in [5.41, 5.74) is 1.25. The molecule has 0 radical (unpaired) electrons. The van der Waals surface area contributed by atoms with Crippen LogP contribution in [-0.4, -0.2) is 43.2 Å². The van der Waals surface area contributed by atoms with Gasteiger partial charge < -0.3 is 35.0 Å². The molecular formula is C30H34O8. The predicted octanol–water partition coefficient (Wildman–Crippen LogP) is 5.14. The molecule has 5 N–H and O–H groups in total. The molecule has 202 valence electrons. The fraction of sp³-hybridized carbons (Fsp3) is 0.367. The fourth-order valence-corrected chi connectivity index (χ4v) is 4.93. The summed E-state index contributed by atoms with van der Waals surface area (Å²) in [6, 6.07) is 6.43. The lowest BCUT2D eigenvalue weighted by molar-refractivity contribution is -0.201. The number of aliphatic hydroxyl groups is 2.